The van der Waals surface area contributed by atoms with Crippen molar-refractivity contribution in [2.45, 2.75) is 19.4 Å². The summed E-state index contributed by atoms with van der Waals surface area (Å²) in [5.41, 5.74) is 2.16. The van der Waals surface area contributed by atoms with Gasteiger partial charge in [-0.15, -0.1) is 0 Å². The molecule has 0 radical (unpaired) electrons. The second-order valence-electron chi connectivity index (χ2n) is 6.63. The van der Waals surface area contributed by atoms with Gasteiger partial charge in [0, 0.05) is 30.8 Å². The Morgan fingerprint density at radius 3 is 2.27 bits per heavy atom. The molecule has 3 amide bonds. The SMILES string of the molecule is O=C(CCCNC(=O)c1ccccc1)NCc1ccc(NC(=O)c2ccco2)cc1. The van der Waals surface area contributed by atoms with Crippen molar-refractivity contribution < 1.29 is 18.8 Å². The Kier molecular flexibility index (Phi) is 7.38. The molecule has 0 saturated carbocycles. The number of carbonyl (C=O) groups is 3. The van der Waals surface area contributed by atoms with Gasteiger partial charge >= 0.3 is 0 Å². The number of carbonyl (C=O) groups excluding carboxylic acids is 3. The number of benzene rings is 2. The zero-order chi connectivity index (χ0) is 21.2. The molecule has 0 aliphatic carbocycles. The summed E-state index contributed by atoms with van der Waals surface area (Å²) in [5, 5.41) is 8.38. The van der Waals surface area contributed by atoms with Crippen molar-refractivity contribution in [3.8, 4) is 0 Å². The Morgan fingerprint density at radius 2 is 1.57 bits per heavy atom. The van der Waals surface area contributed by atoms with Gasteiger partial charge in [0.05, 0.1) is 6.26 Å². The van der Waals surface area contributed by atoms with Gasteiger partial charge < -0.3 is 20.4 Å². The minimum absolute atomic E-state index is 0.0841. The van der Waals surface area contributed by atoms with Gasteiger partial charge in [-0.25, -0.2) is 0 Å². The van der Waals surface area contributed by atoms with Crippen LogP contribution in [0.25, 0.3) is 0 Å². The molecule has 154 valence electrons. The minimum atomic E-state index is -0.319. The van der Waals surface area contributed by atoms with E-state index in [0.29, 0.717) is 37.2 Å². The molecule has 3 N–H and O–H groups in total. The maximum atomic E-state index is 12.0. The van der Waals surface area contributed by atoms with E-state index in [4.69, 9.17) is 4.42 Å². The third kappa shape index (κ3) is 6.34. The lowest BCUT2D eigenvalue weighted by Gasteiger charge is -2.08. The maximum Gasteiger partial charge on any atom is 0.291 e. The van der Waals surface area contributed by atoms with E-state index in [1.165, 1.54) is 6.26 Å². The van der Waals surface area contributed by atoms with Crippen LogP contribution < -0.4 is 16.0 Å². The van der Waals surface area contributed by atoms with E-state index in [1.54, 1.807) is 36.4 Å². The second kappa shape index (κ2) is 10.6. The predicted octanol–water partition coefficient (Wildman–Crippen LogP) is 3.36. The van der Waals surface area contributed by atoms with Crippen LogP contribution in [0.5, 0.6) is 0 Å². The van der Waals surface area contributed by atoms with Gasteiger partial charge in [-0.3, -0.25) is 14.4 Å². The standard InChI is InChI=1S/C23H23N3O4/c27-21(9-4-14-24-22(28)18-6-2-1-3-7-18)25-16-17-10-12-19(13-11-17)26-23(29)20-8-5-15-30-20/h1-3,5-8,10-13,15H,4,9,14,16H2,(H,24,28)(H,25,27)(H,26,29). The molecule has 0 saturated heterocycles. The van der Waals surface area contributed by atoms with E-state index in [-0.39, 0.29) is 23.5 Å². The molecule has 3 rings (SSSR count). The molecule has 0 aliphatic rings. The highest BCUT2D eigenvalue weighted by molar-refractivity contribution is 6.02. The fourth-order valence-corrected chi connectivity index (χ4v) is 2.74. The van der Waals surface area contributed by atoms with Crippen molar-refractivity contribution in [2.75, 3.05) is 11.9 Å². The summed E-state index contributed by atoms with van der Waals surface area (Å²) in [6, 6.07) is 19.4. The summed E-state index contributed by atoms with van der Waals surface area (Å²) in [7, 11) is 0. The van der Waals surface area contributed by atoms with Crippen molar-refractivity contribution in [3.63, 3.8) is 0 Å². The smallest absolute Gasteiger partial charge is 0.291 e. The minimum Gasteiger partial charge on any atom is -0.459 e. The normalized spacial score (nSPS) is 10.3. The van der Waals surface area contributed by atoms with Crippen LogP contribution in [0.2, 0.25) is 0 Å². The molecule has 1 aromatic heterocycles. The molecule has 0 bridgehead atoms. The summed E-state index contributed by atoms with van der Waals surface area (Å²) < 4.78 is 5.05. The van der Waals surface area contributed by atoms with E-state index in [0.717, 1.165) is 5.56 Å². The van der Waals surface area contributed by atoms with Crippen molar-refractivity contribution in [1.29, 1.82) is 0 Å². The molecule has 7 nitrogen and oxygen atoms in total. The molecule has 7 heteroatoms. The summed E-state index contributed by atoms with van der Waals surface area (Å²) >= 11 is 0. The van der Waals surface area contributed by atoms with Crippen molar-refractivity contribution in [3.05, 3.63) is 89.9 Å². The molecule has 0 unspecified atom stereocenters. The average molecular weight is 405 g/mol. The number of amides is 3. The molecule has 1 heterocycles. The average Bonchev–Trinajstić information content (AvgIpc) is 3.32. The van der Waals surface area contributed by atoms with Crippen LogP contribution in [0, 0.1) is 0 Å². The first kappa shape index (κ1) is 20.9. The molecule has 30 heavy (non-hydrogen) atoms. The lowest BCUT2D eigenvalue weighted by molar-refractivity contribution is -0.121. The Balaban J connectivity index is 1.33. The molecule has 0 aliphatic heterocycles. The van der Waals surface area contributed by atoms with Gasteiger partial charge in [0.2, 0.25) is 5.91 Å². The number of rotatable bonds is 9. The van der Waals surface area contributed by atoms with Crippen LogP contribution in [0.4, 0.5) is 5.69 Å². The Labute approximate surface area is 174 Å². The topological polar surface area (TPSA) is 100 Å². The third-order valence-corrected chi connectivity index (χ3v) is 4.35. The Bertz CT molecular complexity index is 967. The van der Waals surface area contributed by atoms with Gasteiger partial charge in [-0.2, -0.15) is 0 Å². The molecular weight excluding hydrogens is 382 g/mol. The first-order valence-corrected chi connectivity index (χ1v) is 9.65. The third-order valence-electron chi connectivity index (χ3n) is 4.35. The number of furan rings is 1. The molecule has 0 atom stereocenters. The van der Waals surface area contributed by atoms with Gasteiger partial charge in [0.15, 0.2) is 5.76 Å². The zero-order valence-electron chi connectivity index (χ0n) is 16.4. The van der Waals surface area contributed by atoms with Crippen molar-refractivity contribution in [1.82, 2.24) is 10.6 Å². The largest absolute Gasteiger partial charge is 0.459 e. The molecular formula is C23H23N3O4. The van der Waals surface area contributed by atoms with Crippen LogP contribution in [0.3, 0.4) is 0 Å². The monoisotopic (exact) mass is 405 g/mol. The summed E-state index contributed by atoms with van der Waals surface area (Å²) in [5.74, 6) is -0.305. The summed E-state index contributed by atoms with van der Waals surface area (Å²) in [4.78, 5) is 35.8. The van der Waals surface area contributed by atoms with Gasteiger partial charge in [-0.1, -0.05) is 30.3 Å². The number of hydrogen-bond acceptors (Lipinski definition) is 4. The quantitative estimate of drug-likeness (QED) is 0.475. The predicted molar refractivity (Wildman–Crippen MR) is 113 cm³/mol. The van der Waals surface area contributed by atoms with Crippen LogP contribution >= 0.6 is 0 Å². The first-order chi connectivity index (χ1) is 14.6. The van der Waals surface area contributed by atoms with Gasteiger partial charge in [0.25, 0.3) is 11.8 Å². The zero-order valence-corrected chi connectivity index (χ0v) is 16.4. The van der Waals surface area contributed by atoms with Gasteiger partial charge in [0.1, 0.15) is 0 Å². The number of hydrogen-bond donors (Lipinski definition) is 3. The van der Waals surface area contributed by atoms with E-state index < -0.39 is 0 Å². The van der Waals surface area contributed by atoms with Crippen LogP contribution in [0.1, 0.15) is 39.3 Å². The fourth-order valence-electron chi connectivity index (χ4n) is 2.74. The number of anilines is 1. The van der Waals surface area contributed by atoms with E-state index in [1.807, 2.05) is 30.3 Å². The van der Waals surface area contributed by atoms with E-state index in [2.05, 4.69) is 16.0 Å². The molecule has 2 aromatic carbocycles. The second-order valence-corrected chi connectivity index (χ2v) is 6.63. The highest BCUT2D eigenvalue weighted by atomic mass is 16.3. The first-order valence-electron chi connectivity index (χ1n) is 9.65. The molecule has 3 aromatic rings. The van der Waals surface area contributed by atoms with Crippen molar-refractivity contribution in [2.24, 2.45) is 0 Å². The highest BCUT2D eigenvalue weighted by Crippen LogP contribution is 2.12. The van der Waals surface area contributed by atoms with Crippen molar-refractivity contribution >= 4 is 23.4 Å². The summed E-state index contributed by atoms with van der Waals surface area (Å²) in [6.45, 7) is 0.826. The lowest BCUT2D eigenvalue weighted by Crippen LogP contribution is -2.27. The van der Waals surface area contributed by atoms with E-state index >= 15 is 0 Å². The van der Waals surface area contributed by atoms with Gasteiger partial charge in [-0.05, 0) is 48.4 Å². The molecule has 0 fully saturated rings. The summed E-state index contributed by atoms with van der Waals surface area (Å²) in [6.07, 6.45) is 2.33. The Morgan fingerprint density at radius 1 is 0.800 bits per heavy atom. The number of nitrogens with one attached hydrogen (secondary N) is 3. The Hall–Kier alpha value is -3.87. The van der Waals surface area contributed by atoms with Crippen LogP contribution in [0.15, 0.2) is 77.4 Å². The maximum absolute atomic E-state index is 12.0. The molecule has 0 spiro atoms. The van der Waals surface area contributed by atoms with Crippen LogP contribution in [-0.4, -0.2) is 24.3 Å². The van der Waals surface area contributed by atoms with Crippen LogP contribution in [-0.2, 0) is 11.3 Å². The highest BCUT2D eigenvalue weighted by Gasteiger charge is 2.09. The fraction of sp³-hybridized carbons (Fsp3) is 0.174. The van der Waals surface area contributed by atoms with E-state index in [9.17, 15) is 14.4 Å². The lowest BCUT2D eigenvalue weighted by atomic mass is 10.2.